The maximum atomic E-state index is 13.3. The number of hydrogen-bond donors (Lipinski definition) is 0. The van der Waals surface area contributed by atoms with Crippen LogP contribution in [0.1, 0.15) is 11.3 Å². The van der Waals surface area contributed by atoms with Gasteiger partial charge in [-0.05, 0) is 35.9 Å². The van der Waals surface area contributed by atoms with Crippen molar-refractivity contribution in [2.45, 2.75) is 6.18 Å². The lowest BCUT2D eigenvalue weighted by molar-refractivity contribution is -0.141. The second-order valence-corrected chi connectivity index (χ2v) is 4.08. The number of alkyl halides is 3. The predicted octanol–water partition coefficient (Wildman–Crippen LogP) is 3.83. The number of nitriles is 1. The van der Waals surface area contributed by atoms with Gasteiger partial charge in [0.05, 0.1) is 17.3 Å². The van der Waals surface area contributed by atoms with Crippen LogP contribution in [-0.2, 0) is 6.18 Å². The summed E-state index contributed by atoms with van der Waals surface area (Å²) in [6.07, 6.45) is -4.70. The molecular weight excluding hydrogens is 298 g/mol. The average molecular weight is 302 g/mol. The average Bonchev–Trinajstić information content (AvgIpc) is 2.36. The Kier molecular flexibility index (Phi) is 3.59. The molecule has 102 valence electrons. The molecule has 1 aromatic carbocycles. The predicted molar refractivity (Wildman–Crippen MR) is 62.2 cm³/mol. The van der Waals surface area contributed by atoms with E-state index < -0.39 is 23.0 Å². The molecule has 8 heteroatoms. The van der Waals surface area contributed by atoms with Crippen LogP contribution >= 0.6 is 11.6 Å². The highest BCUT2D eigenvalue weighted by molar-refractivity contribution is 6.28. The summed E-state index contributed by atoms with van der Waals surface area (Å²) in [6, 6.07) is 5.46. The third-order valence-electron chi connectivity index (χ3n) is 2.31. The number of aromatic nitrogens is 2. The van der Waals surface area contributed by atoms with Gasteiger partial charge >= 0.3 is 6.18 Å². The highest BCUT2D eigenvalue weighted by Crippen LogP contribution is 2.31. The van der Waals surface area contributed by atoms with E-state index in [4.69, 9.17) is 16.9 Å². The largest absolute Gasteiger partial charge is 0.433 e. The van der Waals surface area contributed by atoms with Gasteiger partial charge in [-0.15, -0.1) is 0 Å². The topological polar surface area (TPSA) is 49.6 Å². The van der Waals surface area contributed by atoms with Crippen molar-refractivity contribution in [2.24, 2.45) is 0 Å². The Balaban J connectivity index is 2.62. The summed E-state index contributed by atoms with van der Waals surface area (Å²) in [5.74, 6) is -0.762. The first-order chi connectivity index (χ1) is 9.29. The van der Waals surface area contributed by atoms with Crippen LogP contribution in [0, 0.1) is 17.1 Å². The van der Waals surface area contributed by atoms with Gasteiger partial charge in [0.1, 0.15) is 11.5 Å². The van der Waals surface area contributed by atoms with E-state index in [0.717, 1.165) is 12.1 Å². The fourth-order valence-corrected chi connectivity index (χ4v) is 1.70. The molecule has 0 radical (unpaired) electrons. The zero-order valence-electron chi connectivity index (χ0n) is 9.54. The van der Waals surface area contributed by atoms with Gasteiger partial charge < -0.3 is 0 Å². The minimum absolute atomic E-state index is 0.0105. The molecule has 0 aliphatic carbocycles. The molecule has 1 aromatic heterocycles. The Morgan fingerprint density at radius 3 is 2.40 bits per heavy atom. The van der Waals surface area contributed by atoms with E-state index in [0.29, 0.717) is 6.07 Å². The van der Waals surface area contributed by atoms with Crippen molar-refractivity contribution in [3.8, 4) is 17.3 Å². The summed E-state index contributed by atoms with van der Waals surface area (Å²) in [5.41, 5.74) is -1.48. The van der Waals surface area contributed by atoms with Gasteiger partial charge in [0.2, 0.25) is 5.28 Å². The van der Waals surface area contributed by atoms with Crippen molar-refractivity contribution in [1.29, 1.82) is 5.26 Å². The molecule has 0 unspecified atom stereocenters. The van der Waals surface area contributed by atoms with Gasteiger partial charge in [-0.2, -0.15) is 18.4 Å². The highest BCUT2D eigenvalue weighted by Gasteiger charge is 2.33. The lowest BCUT2D eigenvalue weighted by atomic mass is 10.1. The molecule has 2 aromatic rings. The molecule has 2 rings (SSSR count). The first kappa shape index (κ1) is 14.2. The Morgan fingerprint density at radius 2 is 1.80 bits per heavy atom. The van der Waals surface area contributed by atoms with Crippen molar-refractivity contribution in [1.82, 2.24) is 9.97 Å². The van der Waals surface area contributed by atoms with Crippen LogP contribution < -0.4 is 0 Å². The first-order valence-electron chi connectivity index (χ1n) is 5.12. The minimum Gasteiger partial charge on any atom is -0.218 e. The van der Waals surface area contributed by atoms with Crippen molar-refractivity contribution >= 4 is 11.6 Å². The Labute approximate surface area is 115 Å². The molecule has 0 aliphatic rings. The molecule has 0 bridgehead atoms. The third kappa shape index (κ3) is 3.03. The fraction of sp³-hybridized carbons (Fsp3) is 0.0833. The normalized spacial score (nSPS) is 11.2. The minimum atomic E-state index is -4.70. The van der Waals surface area contributed by atoms with Gasteiger partial charge in [-0.1, -0.05) is 0 Å². The van der Waals surface area contributed by atoms with Crippen LogP contribution in [0.2, 0.25) is 5.28 Å². The smallest absolute Gasteiger partial charge is 0.218 e. The van der Waals surface area contributed by atoms with Crippen LogP contribution in [0.5, 0.6) is 0 Å². The first-order valence-corrected chi connectivity index (χ1v) is 5.50. The van der Waals surface area contributed by atoms with E-state index in [1.807, 2.05) is 0 Å². The molecule has 0 amide bonds. The third-order valence-corrected chi connectivity index (χ3v) is 2.48. The van der Waals surface area contributed by atoms with E-state index in [-0.39, 0.29) is 16.8 Å². The van der Waals surface area contributed by atoms with E-state index in [1.165, 1.54) is 6.07 Å². The molecule has 0 atom stereocenters. The summed E-state index contributed by atoms with van der Waals surface area (Å²) >= 11 is 5.44. The van der Waals surface area contributed by atoms with Gasteiger partial charge in [0.15, 0.2) is 0 Å². The van der Waals surface area contributed by atoms with Crippen LogP contribution in [0.4, 0.5) is 17.6 Å². The maximum Gasteiger partial charge on any atom is 0.433 e. The monoisotopic (exact) mass is 301 g/mol. The zero-order valence-corrected chi connectivity index (χ0v) is 10.3. The van der Waals surface area contributed by atoms with Crippen LogP contribution in [0.3, 0.4) is 0 Å². The second kappa shape index (κ2) is 5.06. The van der Waals surface area contributed by atoms with E-state index in [1.54, 1.807) is 6.07 Å². The molecule has 0 saturated heterocycles. The summed E-state index contributed by atoms with van der Waals surface area (Å²) in [6.45, 7) is 0. The Bertz CT molecular complexity index is 707. The van der Waals surface area contributed by atoms with Crippen LogP contribution in [0.15, 0.2) is 24.3 Å². The van der Waals surface area contributed by atoms with Crippen molar-refractivity contribution in [3.05, 3.63) is 46.6 Å². The molecule has 0 N–H and O–H groups in total. The molecule has 1 heterocycles. The van der Waals surface area contributed by atoms with Gasteiger partial charge in [-0.25, -0.2) is 14.4 Å². The van der Waals surface area contributed by atoms with Crippen LogP contribution in [0.25, 0.3) is 11.3 Å². The summed E-state index contributed by atoms with van der Waals surface area (Å²) < 4.78 is 51.1. The van der Waals surface area contributed by atoms with Crippen LogP contribution in [-0.4, -0.2) is 9.97 Å². The van der Waals surface area contributed by atoms with Crippen molar-refractivity contribution in [2.75, 3.05) is 0 Å². The maximum absolute atomic E-state index is 13.3. The molecule has 0 aliphatic heterocycles. The Hall–Kier alpha value is -2.20. The molecule has 20 heavy (non-hydrogen) atoms. The fourth-order valence-electron chi connectivity index (χ4n) is 1.51. The van der Waals surface area contributed by atoms with E-state index >= 15 is 0 Å². The standard InChI is InChI=1S/C12H4ClF4N3/c13-11-19-9(4-10(20-11)12(15,16)17)7-1-6(5-18)2-8(14)3-7/h1-4H. The van der Waals surface area contributed by atoms with Crippen molar-refractivity contribution in [3.63, 3.8) is 0 Å². The lowest BCUT2D eigenvalue weighted by Crippen LogP contribution is -2.09. The number of halogens is 5. The molecule has 0 fully saturated rings. The molecule has 0 spiro atoms. The van der Waals surface area contributed by atoms with Crippen molar-refractivity contribution < 1.29 is 17.6 Å². The lowest BCUT2D eigenvalue weighted by Gasteiger charge is -2.08. The number of rotatable bonds is 1. The summed E-state index contributed by atoms with van der Waals surface area (Å²) in [7, 11) is 0. The number of hydrogen-bond acceptors (Lipinski definition) is 3. The summed E-state index contributed by atoms with van der Waals surface area (Å²) in [5, 5.41) is 8.10. The highest BCUT2D eigenvalue weighted by atomic mass is 35.5. The number of benzene rings is 1. The van der Waals surface area contributed by atoms with E-state index in [9.17, 15) is 17.6 Å². The summed E-state index contributed by atoms with van der Waals surface area (Å²) in [4.78, 5) is 6.68. The second-order valence-electron chi connectivity index (χ2n) is 3.75. The van der Waals surface area contributed by atoms with Gasteiger partial charge in [0, 0.05) is 5.56 Å². The van der Waals surface area contributed by atoms with Gasteiger partial charge in [-0.3, -0.25) is 0 Å². The van der Waals surface area contributed by atoms with Gasteiger partial charge in [0.25, 0.3) is 0 Å². The molecule has 0 saturated carbocycles. The number of nitrogens with zero attached hydrogens (tertiary/aromatic N) is 3. The zero-order chi connectivity index (χ0) is 14.9. The molecule has 3 nitrogen and oxygen atoms in total. The molecular formula is C12H4ClF4N3. The Morgan fingerprint density at radius 1 is 1.10 bits per heavy atom. The SMILES string of the molecule is N#Cc1cc(F)cc(-c2cc(C(F)(F)F)nc(Cl)n2)c1. The quantitative estimate of drug-likeness (QED) is 0.594. The van der Waals surface area contributed by atoms with E-state index in [2.05, 4.69) is 9.97 Å².